The molecule has 0 aromatic carbocycles. The maximum absolute atomic E-state index is 6.02. The summed E-state index contributed by atoms with van der Waals surface area (Å²) in [4.78, 5) is 4.17. The van der Waals surface area contributed by atoms with Crippen LogP contribution in [0, 0.1) is 5.92 Å². The number of aromatic nitrogens is 1. The Morgan fingerprint density at radius 3 is 2.94 bits per heavy atom. The second kappa shape index (κ2) is 6.72. The van der Waals surface area contributed by atoms with Crippen molar-refractivity contribution in [1.29, 1.82) is 0 Å². The normalized spacial score (nSPS) is 24.8. The number of pyridine rings is 1. The van der Waals surface area contributed by atoms with Crippen molar-refractivity contribution >= 4 is 27.5 Å². The molecule has 1 N–H and O–H groups in total. The fourth-order valence-corrected chi connectivity index (χ4v) is 3.24. The number of halogens is 2. The van der Waals surface area contributed by atoms with Gasteiger partial charge >= 0.3 is 0 Å². The Morgan fingerprint density at radius 2 is 2.18 bits per heavy atom. The topological polar surface area (TPSA) is 24.9 Å². The highest BCUT2D eigenvalue weighted by molar-refractivity contribution is 9.10. The van der Waals surface area contributed by atoms with Gasteiger partial charge in [0.1, 0.15) is 0 Å². The molecule has 0 spiro atoms. The van der Waals surface area contributed by atoms with Crippen LogP contribution in [0.4, 0.5) is 0 Å². The molecule has 0 saturated heterocycles. The van der Waals surface area contributed by atoms with Gasteiger partial charge in [-0.1, -0.05) is 12.8 Å². The lowest BCUT2D eigenvalue weighted by Gasteiger charge is -2.31. The van der Waals surface area contributed by atoms with Crippen molar-refractivity contribution in [2.75, 3.05) is 5.88 Å². The van der Waals surface area contributed by atoms with Gasteiger partial charge in [0.2, 0.25) is 0 Å². The first kappa shape index (κ1) is 13.3. The molecule has 2 unspecified atom stereocenters. The lowest BCUT2D eigenvalue weighted by atomic mass is 9.85. The van der Waals surface area contributed by atoms with Crippen molar-refractivity contribution in [2.24, 2.45) is 5.92 Å². The summed E-state index contributed by atoms with van der Waals surface area (Å²) in [6.45, 7) is 0.879. The maximum Gasteiger partial charge on any atom is 0.0410 e. The Hall–Kier alpha value is -0.120. The van der Waals surface area contributed by atoms with E-state index in [-0.39, 0.29) is 0 Å². The fourth-order valence-electron chi connectivity index (χ4n) is 2.46. The monoisotopic (exact) mass is 316 g/mol. The van der Waals surface area contributed by atoms with Crippen molar-refractivity contribution < 1.29 is 0 Å². The van der Waals surface area contributed by atoms with Crippen LogP contribution < -0.4 is 5.32 Å². The van der Waals surface area contributed by atoms with Crippen LogP contribution >= 0.6 is 27.5 Å². The number of hydrogen-bond acceptors (Lipinski definition) is 2. The molecule has 0 aliphatic heterocycles. The molecule has 0 radical (unpaired) electrons. The highest BCUT2D eigenvalue weighted by Gasteiger charge is 2.23. The highest BCUT2D eigenvalue weighted by Crippen LogP contribution is 2.25. The SMILES string of the molecule is ClCC1CCCCC1NCc1cncc(Br)c1. The van der Waals surface area contributed by atoms with Gasteiger partial charge in [-0.05, 0) is 46.3 Å². The average molecular weight is 318 g/mol. The number of alkyl halides is 1. The first-order chi connectivity index (χ1) is 8.29. The number of nitrogens with one attached hydrogen (secondary N) is 1. The molecule has 1 aromatic rings. The zero-order chi connectivity index (χ0) is 12.1. The molecule has 1 aliphatic carbocycles. The summed E-state index contributed by atoms with van der Waals surface area (Å²) in [5.41, 5.74) is 1.22. The largest absolute Gasteiger partial charge is 0.310 e. The molecule has 2 nitrogen and oxygen atoms in total. The van der Waals surface area contributed by atoms with Gasteiger partial charge in [0.05, 0.1) is 0 Å². The van der Waals surface area contributed by atoms with Gasteiger partial charge in [-0.2, -0.15) is 0 Å². The minimum absolute atomic E-state index is 0.570. The van der Waals surface area contributed by atoms with Gasteiger partial charge in [0.25, 0.3) is 0 Å². The summed E-state index contributed by atoms with van der Waals surface area (Å²) in [5, 5.41) is 3.62. The molecule has 0 bridgehead atoms. The van der Waals surface area contributed by atoms with E-state index in [0.29, 0.717) is 12.0 Å². The third kappa shape index (κ3) is 3.94. The van der Waals surface area contributed by atoms with E-state index in [1.54, 1.807) is 0 Å². The van der Waals surface area contributed by atoms with Crippen molar-refractivity contribution in [3.63, 3.8) is 0 Å². The lowest BCUT2D eigenvalue weighted by molar-refractivity contribution is 0.282. The summed E-state index contributed by atoms with van der Waals surface area (Å²) in [7, 11) is 0. The molecule has 1 saturated carbocycles. The summed E-state index contributed by atoms with van der Waals surface area (Å²) in [6.07, 6.45) is 8.88. The highest BCUT2D eigenvalue weighted by atomic mass is 79.9. The molecule has 1 aliphatic rings. The molecule has 94 valence electrons. The van der Waals surface area contributed by atoms with Gasteiger partial charge in [-0.15, -0.1) is 11.6 Å². The quantitative estimate of drug-likeness (QED) is 0.856. The summed E-state index contributed by atoms with van der Waals surface area (Å²) < 4.78 is 1.04. The molecular formula is C13H18BrClN2. The molecule has 2 rings (SSSR count). The second-order valence-electron chi connectivity index (χ2n) is 4.70. The Balaban J connectivity index is 1.88. The van der Waals surface area contributed by atoms with Crippen molar-refractivity contribution in [3.8, 4) is 0 Å². The molecule has 1 heterocycles. The van der Waals surface area contributed by atoms with Gasteiger partial charge < -0.3 is 5.32 Å². The smallest absolute Gasteiger partial charge is 0.0410 e. The first-order valence-corrected chi connectivity index (χ1v) is 7.51. The second-order valence-corrected chi connectivity index (χ2v) is 5.92. The summed E-state index contributed by atoms with van der Waals surface area (Å²) in [5.74, 6) is 1.40. The van der Waals surface area contributed by atoms with Crippen LogP contribution in [0.3, 0.4) is 0 Å². The van der Waals surface area contributed by atoms with Crippen LogP contribution in [0.15, 0.2) is 22.9 Å². The molecule has 1 fully saturated rings. The number of nitrogens with zero attached hydrogens (tertiary/aromatic N) is 1. The first-order valence-electron chi connectivity index (χ1n) is 6.18. The minimum Gasteiger partial charge on any atom is -0.310 e. The van der Waals surface area contributed by atoms with Gasteiger partial charge in [-0.3, -0.25) is 4.98 Å². The third-order valence-electron chi connectivity index (χ3n) is 3.44. The van der Waals surface area contributed by atoms with E-state index in [0.717, 1.165) is 16.9 Å². The molecule has 2 atom stereocenters. The predicted molar refractivity (Wildman–Crippen MR) is 75.2 cm³/mol. The zero-order valence-electron chi connectivity index (χ0n) is 9.83. The van der Waals surface area contributed by atoms with Crippen LogP contribution in [0.1, 0.15) is 31.2 Å². The standard InChI is InChI=1S/C13H18BrClN2/c14-12-5-10(7-16-9-12)8-17-13-4-2-1-3-11(13)6-15/h5,7,9,11,13,17H,1-4,6,8H2. The van der Waals surface area contributed by atoms with Crippen molar-refractivity contribution in [2.45, 2.75) is 38.3 Å². The summed E-state index contributed by atoms with van der Waals surface area (Å²) >= 11 is 9.46. The predicted octanol–water partition coefficient (Wildman–Crippen LogP) is 3.73. The Morgan fingerprint density at radius 1 is 1.35 bits per heavy atom. The van der Waals surface area contributed by atoms with Crippen molar-refractivity contribution in [3.05, 3.63) is 28.5 Å². The van der Waals surface area contributed by atoms with E-state index in [1.165, 1.54) is 31.2 Å². The zero-order valence-corrected chi connectivity index (χ0v) is 12.2. The van der Waals surface area contributed by atoms with E-state index in [9.17, 15) is 0 Å². The van der Waals surface area contributed by atoms with Crippen LogP contribution in [0.25, 0.3) is 0 Å². The van der Waals surface area contributed by atoms with Crippen LogP contribution in [0.2, 0.25) is 0 Å². The lowest BCUT2D eigenvalue weighted by Crippen LogP contribution is -2.38. The van der Waals surface area contributed by atoms with Crippen LogP contribution in [-0.4, -0.2) is 16.9 Å². The molecular weight excluding hydrogens is 300 g/mol. The van der Waals surface area contributed by atoms with Crippen LogP contribution in [0.5, 0.6) is 0 Å². The molecule has 4 heteroatoms. The number of hydrogen-bond donors (Lipinski definition) is 1. The van der Waals surface area contributed by atoms with E-state index < -0.39 is 0 Å². The molecule has 0 amide bonds. The van der Waals surface area contributed by atoms with E-state index >= 15 is 0 Å². The van der Waals surface area contributed by atoms with E-state index in [2.05, 4.69) is 32.3 Å². The Labute approximate surface area is 116 Å². The minimum atomic E-state index is 0.570. The van der Waals surface area contributed by atoms with Gasteiger partial charge in [0.15, 0.2) is 0 Å². The Kier molecular flexibility index (Phi) is 5.26. The number of rotatable bonds is 4. The maximum atomic E-state index is 6.02. The van der Waals surface area contributed by atoms with Gasteiger partial charge in [-0.25, -0.2) is 0 Å². The molecule has 17 heavy (non-hydrogen) atoms. The molecule has 1 aromatic heterocycles. The van der Waals surface area contributed by atoms with E-state index in [4.69, 9.17) is 11.6 Å². The van der Waals surface area contributed by atoms with Crippen molar-refractivity contribution in [1.82, 2.24) is 10.3 Å². The van der Waals surface area contributed by atoms with E-state index in [1.807, 2.05) is 12.4 Å². The Bertz CT molecular complexity index is 359. The third-order valence-corrected chi connectivity index (χ3v) is 4.27. The fraction of sp³-hybridized carbons (Fsp3) is 0.615. The van der Waals surface area contributed by atoms with Crippen LogP contribution in [-0.2, 0) is 6.54 Å². The summed E-state index contributed by atoms with van der Waals surface area (Å²) in [6, 6.07) is 2.68. The average Bonchev–Trinajstić information content (AvgIpc) is 2.37. The van der Waals surface area contributed by atoms with Gasteiger partial charge in [0, 0.05) is 35.3 Å².